The number of anilines is 2. The Labute approximate surface area is 150 Å². The van der Waals surface area contributed by atoms with Gasteiger partial charge in [0, 0.05) is 37.3 Å². The molecule has 1 aliphatic rings. The lowest BCUT2D eigenvalue weighted by molar-refractivity contribution is 0.313. The number of rotatable bonds is 2. The van der Waals surface area contributed by atoms with Crippen LogP contribution < -0.4 is 10.6 Å². The van der Waals surface area contributed by atoms with E-state index >= 15 is 0 Å². The van der Waals surface area contributed by atoms with Crippen LogP contribution in [0.3, 0.4) is 0 Å². The minimum absolute atomic E-state index is 0.0340. The van der Waals surface area contributed by atoms with Gasteiger partial charge in [0.2, 0.25) is 5.95 Å². The first-order valence-electron chi connectivity index (χ1n) is 8.48. The maximum absolute atomic E-state index is 14.9. The third-order valence-electron chi connectivity index (χ3n) is 4.75. The monoisotopic (exact) mass is 355 g/mol. The highest BCUT2D eigenvalue weighted by Gasteiger charge is 2.22. The number of hydrogen-bond donors (Lipinski definition) is 1. The maximum Gasteiger partial charge on any atom is 0.221 e. The number of hydrogen-bond acceptors (Lipinski definition) is 5. The van der Waals surface area contributed by atoms with Crippen molar-refractivity contribution in [1.82, 2.24) is 14.9 Å². The van der Waals surface area contributed by atoms with Gasteiger partial charge in [0.15, 0.2) is 0 Å². The summed E-state index contributed by atoms with van der Waals surface area (Å²) in [7, 11) is 2.06. The molecule has 4 rings (SSSR count). The molecule has 0 amide bonds. The second-order valence-electron chi connectivity index (χ2n) is 6.52. The number of piperazine rings is 1. The van der Waals surface area contributed by atoms with Crippen LogP contribution in [0.5, 0.6) is 0 Å². The largest absolute Gasteiger partial charge is 0.368 e. The first kappa shape index (κ1) is 16.7. The van der Waals surface area contributed by atoms with Crippen LogP contribution in [0.2, 0.25) is 0 Å². The zero-order valence-corrected chi connectivity index (χ0v) is 14.4. The fourth-order valence-corrected chi connectivity index (χ4v) is 3.37. The van der Waals surface area contributed by atoms with Gasteiger partial charge in [-0.25, -0.2) is 18.7 Å². The average molecular weight is 355 g/mol. The van der Waals surface area contributed by atoms with Gasteiger partial charge in [-0.2, -0.15) is 0 Å². The van der Waals surface area contributed by atoms with Crippen LogP contribution in [0.15, 0.2) is 36.4 Å². The van der Waals surface area contributed by atoms with Crippen LogP contribution >= 0.6 is 0 Å². The molecule has 1 aliphatic heterocycles. The Morgan fingerprint density at radius 1 is 1.00 bits per heavy atom. The van der Waals surface area contributed by atoms with Crippen molar-refractivity contribution in [2.24, 2.45) is 0 Å². The van der Waals surface area contributed by atoms with Crippen molar-refractivity contribution in [2.45, 2.75) is 0 Å². The van der Waals surface area contributed by atoms with Gasteiger partial charge < -0.3 is 15.5 Å². The molecular formula is C19H19F2N5. The fourth-order valence-electron chi connectivity index (χ4n) is 3.37. The molecule has 0 bridgehead atoms. The van der Waals surface area contributed by atoms with Gasteiger partial charge in [-0.3, -0.25) is 0 Å². The summed E-state index contributed by atoms with van der Waals surface area (Å²) in [5, 5.41) is 0.444. The number of likely N-dealkylation sites (N-methyl/N-ethyl adjacent to an activating group) is 1. The van der Waals surface area contributed by atoms with Gasteiger partial charge in [-0.05, 0) is 37.4 Å². The van der Waals surface area contributed by atoms with Crippen molar-refractivity contribution in [3.8, 4) is 11.3 Å². The molecule has 1 fully saturated rings. The van der Waals surface area contributed by atoms with E-state index in [4.69, 9.17) is 5.73 Å². The first-order chi connectivity index (χ1) is 12.5. The number of nitrogen functional groups attached to an aromatic ring is 1. The summed E-state index contributed by atoms with van der Waals surface area (Å²) in [6.07, 6.45) is 0. The molecular weight excluding hydrogens is 336 g/mol. The molecule has 0 aliphatic carbocycles. The van der Waals surface area contributed by atoms with Gasteiger partial charge in [0.1, 0.15) is 11.6 Å². The Morgan fingerprint density at radius 3 is 2.54 bits per heavy atom. The lowest BCUT2D eigenvalue weighted by atomic mass is 10.0. The number of aromatic nitrogens is 2. The van der Waals surface area contributed by atoms with Gasteiger partial charge >= 0.3 is 0 Å². The molecule has 0 spiro atoms. The molecule has 0 atom stereocenters. The van der Waals surface area contributed by atoms with Crippen LogP contribution in [0.4, 0.5) is 20.4 Å². The van der Waals surface area contributed by atoms with Crippen LogP contribution in [-0.2, 0) is 0 Å². The molecule has 7 heteroatoms. The summed E-state index contributed by atoms with van der Waals surface area (Å²) in [6, 6.07) is 9.10. The Bertz CT molecular complexity index is 968. The zero-order valence-electron chi connectivity index (χ0n) is 14.4. The van der Waals surface area contributed by atoms with E-state index < -0.39 is 11.6 Å². The Morgan fingerprint density at radius 2 is 1.77 bits per heavy atom. The normalized spacial score (nSPS) is 15.6. The van der Waals surface area contributed by atoms with Gasteiger partial charge in [-0.15, -0.1) is 0 Å². The summed E-state index contributed by atoms with van der Waals surface area (Å²) in [5.74, 6) is -0.804. The third-order valence-corrected chi connectivity index (χ3v) is 4.75. The van der Waals surface area contributed by atoms with E-state index in [0.717, 1.165) is 31.9 Å². The van der Waals surface area contributed by atoms with Crippen molar-refractivity contribution in [3.63, 3.8) is 0 Å². The molecule has 26 heavy (non-hydrogen) atoms. The summed E-state index contributed by atoms with van der Waals surface area (Å²) >= 11 is 0. The van der Waals surface area contributed by atoms with Crippen molar-refractivity contribution < 1.29 is 8.78 Å². The third kappa shape index (κ3) is 2.94. The van der Waals surface area contributed by atoms with Crippen LogP contribution in [0.25, 0.3) is 22.2 Å². The number of nitrogens with two attached hydrogens (primary N) is 1. The van der Waals surface area contributed by atoms with Crippen LogP contribution in [0.1, 0.15) is 0 Å². The summed E-state index contributed by atoms with van der Waals surface area (Å²) < 4.78 is 28.7. The molecule has 1 saturated heterocycles. The zero-order chi connectivity index (χ0) is 18.3. The number of halogens is 2. The van der Waals surface area contributed by atoms with E-state index in [-0.39, 0.29) is 5.95 Å². The van der Waals surface area contributed by atoms with E-state index in [0.29, 0.717) is 22.2 Å². The van der Waals surface area contributed by atoms with Crippen molar-refractivity contribution in [1.29, 1.82) is 0 Å². The fraction of sp³-hybridized carbons (Fsp3) is 0.263. The molecule has 2 heterocycles. The minimum Gasteiger partial charge on any atom is -0.368 e. The van der Waals surface area contributed by atoms with Crippen molar-refractivity contribution >= 4 is 22.5 Å². The molecule has 5 nitrogen and oxygen atoms in total. The SMILES string of the molecule is CN1CCN(c2cccc(F)c2-c2nc(N)nc3ccc(F)cc23)CC1. The predicted octanol–water partition coefficient (Wildman–Crippen LogP) is 2.91. The first-order valence-corrected chi connectivity index (χ1v) is 8.48. The lowest BCUT2D eigenvalue weighted by Crippen LogP contribution is -2.44. The van der Waals surface area contributed by atoms with Gasteiger partial charge in [0.05, 0.1) is 16.8 Å². The van der Waals surface area contributed by atoms with E-state index in [1.54, 1.807) is 6.07 Å². The molecule has 0 radical (unpaired) electrons. The Balaban J connectivity index is 1.94. The van der Waals surface area contributed by atoms with E-state index in [1.807, 2.05) is 6.07 Å². The average Bonchev–Trinajstić information content (AvgIpc) is 2.62. The molecule has 0 unspecified atom stereocenters. The molecule has 1 aromatic heterocycles. The highest BCUT2D eigenvalue weighted by Crippen LogP contribution is 2.37. The molecule has 134 valence electrons. The molecule has 2 aromatic carbocycles. The second-order valence-corrected chi connectivity index (χ2v) is 6.52. The lowest BCUT2D eigenvalue weighted by Gasteiger charge is -2.35. The van der Waals surface area contributed by atoms with Crippen molar-refractivity contribution in [3.05, 3.63) is 48.0 Å². The van der Waals surface area contributed by atoms with Gasteiger partial charge in [-0.1, -0.05) is 6.07 Å². The highest BCUT2D eigenvalue weighted by molar-refractivity contribution is 5.96. The number of fused-ring (bicyclic) bond motifs is 1. The Kier molecular flexibility index (Phi) is 4.16. The van der Waals surface area contributed by atoms with E-state index in [1.165, 1.54) is 24.3 Å². The molecule has 2 N–H and O–H groups in total. The van der Waals surface area contributed by atoms with E-state index in [9.17, 15) is 8.78 Å². The van der Waals surface area contributed by atoms with Crippen LogP contribution in [-0.4, -0.2) is 48.1 Å². The number of benzene rings is 2. The topological polar surface area (TPSA) is 58.3 Å². The summed E-state index contributed by atoms with van der Waals surface area (Å²) in [5.41, 5.74) is 7.72. The minimum atomic E-state index is -0.426. The summed E-state index contributed by atoms with van der Waals surface area (Å²) in [4.78, 5) is 12.8. The number of nitrogens with zero attached hydrogens (tertiary/aromatic N) is 4. The predicted molar refractivity (Wildman–Crippen MR) is 99.0 cm³/mol. The maximum atomic E-state index is 14.9. The quantitative estimate of drug-likeness (QED) is 0.766. The molecule has 0 saturated carbocycles. The van der Waals surface area contributed by atoms with E-state index in [2.05, 4.69) is 26.8 Å². The highest BCUT2D eigenvalue weighted by atomic mass is 19.1. The smallest absolute Gasteiger partial charge is 0.221 e. The van der Waals surface area contributed by atoms with Gasteiger partial charge in [0.25, 0.3) is 0 Å². The van der Waals surface area contributed by atoms with Crippen LogP contribution in [0, 0.1) is 11.6 Å². The Hall–Kier alpha value is -2.80. The standard InChI is InChI=1S/C19H19F2N5/c1-25-7-9-26(10-8-25)16-4-2-3-14(21)17(16)18-13-11-12(20)5-6-15(13)23-19(22)24-18/h2-6,11H,7-10H2,1H3,(H2,22,23,24). The van der Waals surface area contributed by atoms with Crippen molar-refractivity contribution in [2.75, 3.05) is 43.9 Å². The second kappa shape index (κ2) is 6.49. The molecule has 3 aromatic rings. The summed E-state index contributed by atoms with van der Waals surface area (Å²) in [6.45, 7) is 3.33.